The summed E-state index contributed by atoms with van der Waals surface area (Å²) < 4.78 is 16.6. The lowest BCUT2D eigenvalue weighted by molar-refractivity contribution is 0.102. The molecule has 1 amide bonds. The Labute approximate surface area is 188 Å². The highest BCUT2D eigenvalue weighted by molar-refractivity contribution is 7.99. The van der Waals surface area contributed by atoms with Gasteiger partial charge in [0.05, 0.1) is 5.69 Å². The van der Waals surface area contributed by atoms with Crippen LogP contribution in [0, 0.1) is 6.92 Å². The van der Waals surface area contributed by atoms with Gasteiger partial charge in [-0.05, 0) is 43.3 Å². The van der Waals surface area contributed by atoms with E-state index in [9.17, 15) is 4.79 Å². The van der Waals surface area contributed by atoms with E-state index in [1.165, 1.54) is 0 Å². The van der Waals surface area contributed by atoms with Crippen LogP contribution in [0.2, 0.25) is 0 Å². The summed E-state index contributed by atoms with van der Waals surface area (Å²) in [5, 5.41) is 6.81. The van der Waals surface area contributed by atoms with Gasteiger partial charge in [-0.25, -0.2) is 0 Å². The smallest absolute Gasteiger partial charge is 0.257 e. The van der Waals surface area contributed by atoms with Gasteiger partial charge in [0.15, 0.2) is 17.3 Å². The SMILES string of the molecule is Cc1noc(-c2ccc(C(=O)Nc3cc4c(cc3Sc3ccccc3)OCCO4)cc2)n1. The second-order valence-corrected chi connectivity index (χ2v) is 8.20. The van der Waals surface area contributed by atoms with Crippen LogP contribution >= 0.6 is 11.8 Å². The molecule has 32 heavy (non-hydrogen) atoms. The van der Waals surface area contributed by atoms with Gasteiger partial charge < -0.3 is 19.3 Å². The first kappa shape index (κ1) is 20.1. The summed E-state index contributed by atoms with van der Waals surface area (Å²) >= 11 is 1.55. The molecule has 0 spiro atoms. The van der Waals surface area contributed by atoms with E-state index >= 15 is 0 Å². The van der Waals surface area contributed by atoms with Crippen molar-refractivity contribution in [2.24, 2.45) is 0 Å². The Balaban J connectivity index is 1.41. The summed E-state index contributed by atoms with van der Waals surface area (Å²) in [4.78, 5) is 19.1. The molecule has 5 rings (SSSR count). The lowest BCUT2D eigenvalue weighted by Gasteiger charge is -2.21. The first-order chi connectivity index (χ1) is 15.7. The molecular formula is C24H19N3O4S. The summed E-state index contributed by atoms with van der Waals surface area (Å²) in [7, 11) is 0. The fourth-order valence-corrected chi connectivity index (χ4v) is 4.17. The Bertz CT molecular complexity index is 1260. The van der Waals surface area contributed by atoms with Crippen LogP contribution in [0.1, 0.15) is 16.2 Å². The highest BCUT2D eigenvalue weighted by Crippen LogP contribution is 2.42. The number of aryl methyl sites for hydroxylation is 1. The second kappa shape index (κ2) is 8.76. The third-order valence-corrected chi connectivity index (χ3v) is 5.85. The van der Waals surface area contributed by atoms with Gasteiger partial charge in [-0.2, -0.15) is 4.98 Å². The van der Waals surface area contributed by atoms with Crippen molar-refractivity contribution < 1.29 is 18.8 Å². The van der Waals surface area contributed by atoms with Crippen molar-refractivity contribution in [1.82, 2.24) is 10.1 Å². The number of ether oxygens (including phenoxy) is 2. The lowest BCUT2D eigenvalue weighted by Crippen LogP contribution is -2.17. The van der Waals surface area contributed by atoms with Crippen molar-refractivity contribution >= 4 is 23.4 Å². The Morgan fingerprint density at radius 3 is 2.38 bits per heavy atom. The van der Waals surface area contributed by atoms with Crippen molar-refractivity contribution in [3.05, 3.63) is 78.1 Å². The lowest BCUT2D eigenvalue weighted by atomic mass is 10.1. The summed E-state index contributed by atoms with van der Waals surface area (Å²) in [5.74, 6) is 2.04. The van der Waals surface area contributed by atoms with Gasteiger partial charge in [0, 0.05) is 33.1 Å². The number of nitrogens with zero attached hydrogens (tertiary/aromatic N) is 2. The predicted molar refractivity (Wildman–Crippen MR) is 120 cm³/mol. The number of aromatic nitrogens is 2. The molecule has 4 aromatic rings. The molecular weight excluding hydrogens is 426 g/mol. The van der Waals surface area contributed by atoms with E-state index < -0.39 is 0 Å². The standard InChI is InChI=1S/C24H19N3O4S/c1-15-25-24(31-27-15)17-9-7-16(8-10-17)23(28)26-19-13-20-21(30-12-11-29-20)14-22(19)32-18-5-3-2-4-6-18/h2-10,13-14H,11-12H2,1H3,(H,26,28). The van der Waals surface area contributed by atoms with Crippen LogP contribution in [0.4, 0.5) is 5.69 Å². The summed E-state index contributed by atoms with van der Waals surface area (Å²) in [5.41, 5.74) is 1.92. The summed E-state index contributed by atoms with van der Waals surface area (Å²) in [6.45, 7) is 2.73. The number of carbonyl (C=O) groups excluding carboxylic acids is 1. The molecule has 8 heteroatoms. The number of rotatable bonds is 5. The van der Waals surface area contributed by atoms with E-state index in [0.29, 0.717) is 47.7 Å². The predicted octanol–water partition coefficient (Wildman–Crippen LogP) is 5.22. The van der Waals surface area contributed by atoms with Crippen LogP contribution in [-0.4, -0.2) is 29.3 Å². The monoisotopic (exact) mass is 445 g/mol. The van der Waals surface area contributed by atoms with Gasteiger partial charge >= 0.3 is 0 Å². The Morgan fingerprint density at radius 2 is 1.69 bits per heavy atom. The molecule has 7 nitrogen and oxygen atoms in total. The summed E-state index contributed by atoms with van der Waals surface area (Å²) in [6.07, 6.45) is 0. The third kappa shape index (κ3) is 4.31. The van der Waals surface area contributed by atoms with Gasteiger partial charge in [0.25, 0.3) is 11.8 Å². The zero-order valence-electron chi connectivity index (χ0n) is 17.2. The molecule has 0 radical (unpaired) electrons. The van der Waals surface area contributed by atoms with Crippen LogP contribution in [0.3, 0.4) is 0 Å². The average Bonchev–Trinajstić information content (AvgIpc) is 3.26. The van der Waals surface area contributed by atoms with Gasteiger partial charge in [-0.3, -0.25) is 4.79 Å². The van der Waals surface area contributed by atoms with E-state index in [4.69, 9.17) is 14.0 Å². The molecule has 160 valence electrons. The minimum Gasteiger partial charge on any atom is -0.486 e. The maximum Gasteiger partial charge on any atom is 0.257 e. The fraction of sp³-hybridized carbons (Fsp3) is 0.125. The highest BCUT2D eigenvalue weighted by atomic mass is 32.2. The molecule has 0 saturated carbocycles. The number of fused-ring (bicyclic) bond motifs is 1. The average molecular weight is 446 g/mol. The normalized spacial score (nSPS) is 12.4. The minimum absolute atomic E-state index is 0.232. The fourth-order valence-electron chi connectivity index (χ4n) is 3.24. The number of hydrogen-bond acceptors (Lipinski definition) is 7. The van der Waals surface area contributed by atoms with Crippen LogP contribution in [0.25, 0.3) is 11.5 Å². The van der Waals surface area contributed by atoms with Crippen LogP contribution in [-0.2, 0) is 0 Å². The topological polar surface area (TPSA) is 86.5 Å². The van der Waals surface area contributed by atoms with Gasteiger partial charge in [0.1, 0.15) is 13.2 Å². The molecule has 0 fully saturated rings. The zero-order chi connectivity index (χ0) is 21.9. The Kier molecular flexibility index (Phi) is 5.51. The minimum atomic E-state index is -0.232. The first-order valence-electron chi connectivity index (χ1n) is 10.0. The number of anilines is 1. The van der Waals surface area contributed by atoms with E-state index in [0.717, 1.165) is 15.4 Å². The van der Waals surface area contributed by atoms with Crippen LogP contribution < -0.4 is 14.8 Å². The van der Waals surface area contributed by atoms with E-state index in [2.05, 4.69) is 15.5 Å². The maximum absolute atomic E-state index is 13.0. The maximum atomic E-state index is 13.0. The zero-order valence-corrected chi connectivity index (χ0v) is 18.0. The van der Waals surface area contributed by atoms with Crippen molar-refractivity contribution in [2.75, 3.05) is 18.5 Å². The number of benzene rings is 3. The molecule has 0 aliphatic carbocycles. The molecule has 0 unspecified atom stereocenters. The van der Waals surface area contributed by atoms with Crippen LogP contribution in [0.15, 0.2) is 81.0 Å². The molecule has 0 bridgehead atoms. The van der Waals surface area contributed by atoms with Crippen LogP contribution in [0.5, 0.6) is 11.5 Å². The molecule has 0 saturated heterocycles. The van der Waals surface area contributed by atoms with Crippen molar-refractivity contribution in [3.63, 3.8) is 0 Å². The van der Waals surface area contributed by atoms with Gasteiger partial charge in [-0.15, -0.1) is 0 Å². The van der Waals surface area contributed by atoms with E-state index in [1.54, 1.807) is 43.0 Å². The highest BCUT2D eigenvalue weighted by Gasteiger charge is 2.19. The third-order valence-electron chi connectivity index (χ3n) is 4.79. The quantitative estimate of drug-likeness (QED) is 0.451. The molecule has 3 aromatic carbocycles. The largest absolute Gasteiger partial charge is 0.486 e. The first-order valence-corrected chi connectivity index (χ1v) is 10.9. The number of nitrogens with one attached hydrogen (secondary N) is 1. The molecule has 0 atom stereocenters. The Hall–Kier alpha value is -3.78. The van der Waals surface area contributed by atoms with Gasteiger partial charge in [-0.1, -0.05) is 35.1 Å². The number of carbonyl (C=O) groups is 1. The second-order valence-electron chi connectivity index (χ2n) is 7.09. The molecule has 1 aliphatic heterocycles. The molecule has 1 N–H and O–H groups in total. The van der Waals surface area contributed by atoms with Crippen molar-refractivity contribution in [3.8, 4) is 23.0 Å². The van der Waals surface area contributed by atoms with Crippen molar-refractivity contribution in [1.29, 1.82) is 0 Å². The van der Waals surface area contributed by atoms with E-state index in [1.807, 2.05) is 42.5 Å². The summed E-state index contributed by atoms with van der Waals surface area (Å²) in [6, 6.07) is 20.7. The van der Waals surface area contributed by atoms with Gasteiger partial charge in [0.2, 0.25) is 0 Å². The number of hydrogen-bond donors (Lipinski definition) is 1. The van der Waals surface area contributed by atoms with Crippen molar-refractivity contribution in [2.45, 2.75) is 16.7 Å². The van der Waals surface area contributed by atoms with E-state index in [-0.39, 0.29) is 5.91 Å². The molecule has 2 heterocycles. The molecule has 1 aromatic heterocycles. The Morgan fingerprint density at radius 1 is 0.969 bits per heavy atom. The molecule has 1 aliphatic rings. The number of amides is 1.